The van der Waals surface area contributed by atoms with Crippen LogP contribution in [0.1, 0.15) is 11.1 Å². The third-order valence-electron chi connectivity index (χ3n) is 5.17. The molecule has 32 heavy (non-hydrogen) atoms. The van der Waals surface area contributed by atoms with Gasteiger partial charge in [0.2, 0.25) is 0 Å². The van der Waals surface area contributed by atoms with Gasteiger partial charge in [-0.25, -0.2) is 0 Å². The average molecular weight is 442 g/mol. The van der Waals surface area contributed by atoms with E-state index in [2.05, 4.69) is 0 Å². The summed E-state index contributed by atoms with van der Waals surface area (Å²) < 4.78 is 83.0. The highest BCUT2D eigenvalue weighted by Crippen LogP contribution is 2.47. The van der Waals surface area contributed by atoms with Crippen molar-refractivity contribution < 1.29 is 26.3 Å². The maximum Gasteiger partial charge on any atom is 0.417 e. The Bertz CT molecular complexity index is 1240. The minimum atomic E-state index is -4.68. The maximum atomic E-state index is 13.9. The number of hydrogen-bond acceptors (Lipinski definition) is 0. The smallest absolute Gasteiger partial charge is 0.166 e. The van der Waals surface area contributed by atoms with Crippen LogP contribution in [0.5, 0.6) is 0 Å². The van der Waals surface area contributed by atoms with Crippen molar-refractivity contribution in [3.63, 3.8) is 0 Å². The van der Waals surface area contributed by atoms with Crippen molar-refractivity contribution in [3.05, 3.63) is 108 Å². The molecule has 0 nitrogen and oxygen atoms in total. The van der Waals surface area contributed by atoms with Crippen LogP contribution in [0.4, 0.5) is 26.3 Å². The maximum absolute atomic E-state index is 13.9. The van der Waals surface area contributed by atoms with Gasteiger partial charge in [0.1, 0.15) is 0 Å². The molecule has 0 aliphatic rings. The minimum absolute atomic E-state index is 0.0796. The SMILES string of the molecule is FC(F)(F)c1ccccc1-c1cccc(-c2ccccc2)c1-c1ccccc1C(F)(F)F. The summed E-state index contributed by atoms with van der Waals surface area (Å²) in [5, 5.41) is 0. The Kier molecular flexibility index (Phi) is 5.55. The van der Waals surface area contributed by atoms with E-state index >= 15 is 0 Å². The van der Waals surface area contributed by atoms with Crippen molar-refractivity contribution >= 4 is 0 Å². The number of alkyl halides is 6. The summed E-state index contributed by atoms with van der Waals surface area (Å²) >= 11 is 0. The van der Waals surface area contributed by atoms with Crippen LogP contribution in [0.3, 0.4) is 0 Å². The van der Waals surface area contributed by atoms with Crippen molar-refractivity contribution in [2.24, 2.45) is 0 Å². The average Bonchev–Trinajstić information content (AvgIpc) is 2.78. The standard InChI is InChI=1S/C26H16F6/c27-25(28,29)22-15-6-4-11-19(22)20-14-8-13-18(17-9-2-1-3-10-17)24(20)21-12-5-7-16-23(21)26(30,31)32/h1-16H. The molecule has 4 aromatic rings. The van der Waals surface area contributed by atoms with Crippen LogP contribution in [-0.4, -0.2) is 0 Å². The Hall–Kier alpha value is -3.54. The van der Waals surface area contributed by atoms with Crippen molar-refractivity contribution in [1.29, 1.82) is 0 Å². The van der Waals surface area contributed by atoms with E-state index < -0.39 is 23.5 Å². The van der Waals surface area contributed by atoms with Gasteiger partial charge in [0.25, 0.3) is 0 Å². The molecule has 0 spiro atoms. The van der Waals surface area contributed by atoms with E-state index in [1.807, 2.05) is 0 Å². The summed E-state index contributed by atoms with van der Waals surface area (Å²) in [6.45, 7) is 0. The molecule has 0 radical (unpaired) electrons. The molecule has 4 aromatic carbocycles. The molecule has 0 atom stereocenters. The quantitative estimate of drug-likeness (QED) is 0.278. The van der Waals surface area contributed by atoms with Gasteiger partial charge in [0, 0.05) is 0 Å². The first-order chi connectivity index (χ1) is 15.2. The van der Waals surface area contributed by atoms with Crippen LogP contribution in [0.15, 0.2) is 97.1 Å². The first kappa shape index (κ1) is 21.7. The highest BCUT2D eigenvalue weighted by atomic mass is 19.4. The summed E-state index contributed by atoms with van der Waals surface area (Å²) in [6, 6.07) is 23.1. The van der Waals surface area contributed by atoms with Crippen LogP contribution >= 0.6 is 0 Å². The number of rotatable bonds is 3. The van der Waals surface area contributed by atoms with Crippen LogP contribution in [-0.2, 0) is 12.4 Å². The third kappa shape index (κ3) is 4.13. The lowest BCUT2D eigenvalue weighted by Gasteiger charge is -2.21. The van der Waals surface area contributed by atoms with Gasteiger partial charge in [-0.1, -0.05) is 84.9 Å². The molecule has 162 valence electrons. The van der Waals surface area contributed by atoms with E-state index in [-0.39, 0.29) is 22.3 Å². The van der Waals surface area contributed by atoms with Gasteiger partial charge in [-0.3, -0.25) is 0 Å². The van der Waals surface area contributed by atoms with Crippen LogP contribution < -0.4 is 0 Å². The van der Waals surface area contributed by atoms with E-state index in [1.54, 1.807) is 42.5 Å². The zero-order valence-corrected chi connectivity index (χ0v) is 16.5. The van der Waals surface area contributed by atoms with Crippen molar-refractivity contribution in [1.82, 2.24) is 0 Å². The predicted octanol–water partition coefficient (Wildman–Crippen LogP) is 8.73. The zero-order chi connectivity index (χ0) is 22.9. The third-order valence-corrected chi connectivity index (χ3v) is 5.17. The van der Waals surface area contributed by atoms with Crippen LogP contribution in [0.2, 0.25) is 0 Å². The number of hydrogen-bond donors (Lipinski definition) is 0. The monoisotopic (exact) mass is 442 g/mol. The summed E-state index contributed by atoms with van der Waals surface area (Å²) in [4.78, 5) is 0. The van der Waals surface area contributed by atoms with Gasteiger partial charge in [0.05, 0.1) is 11.1 Å². The Morgan fingerprint density at radius 2 is 0.812 bits per heavy atom. The van der Waals surface area contributed by atoms with Gasteiger partial charge >= 0.3 is 12.4 Å². The Labute approximate surface area is 180 Å². The fourth-order valence-corrected chi connectivity index (χ4v) is 3.84. The largest absolute Gasteiger partial charge is 0.417 e. The lowest BCUT2D eigenvalue weighted by Crippen LogP contribution is -2.09. The van der Waals surface area contributed by atoms with Gasteiger partial charge in [-0.05, 0) is 45.5 Å². The minimum Gasteiger partial charge on any atom is -0.166 e. The Balaban J connectivity index is 2.13. The molecule has 0 aliphatic carbocycles. The zero-order valence-electron chi connectivity index (χ0n) is 16.5. The number of benzene rings is 4. The molecule has 0 bridgehead atoms. The van der Waals surface area contributed by atoms with E-state index in [0.717, 1.165) is 12.1 Å². The summed E-state index contributed by atoms with van der Waals surface area (Å²) in [5.41, 5.74) is -0.969. The van der Waals surface area contributed by atoms with Gasteiger partial charge in [0.15, 0.2) is 0 Å². The Morgan fingerprint density at radius 3 is 1.41 bits per heavy atom. The number of halogens is 6. The molecule has 0 aromatic heterocycles. The fourth-order valence-electron chi connectivity index (χ4n) is 3.84. The fraction of sp³-hybridized carbons (Fsp3) is 0.0769. The molecule has 0 heterocycles. The second kappa shape index (κ2) is 8.19. The molecular formula is C26H16F6. The molecule has 0 unspecified atom stereocenters. The van der Waals surface area contributed by atoms with Crippen LogP contribution in [0.25, 0.3) is 33.4 Å². The molecule has 0 N–H and O–H groups in total. The normalized spacial score (nSPS) is 12.1. The molecule has 0 saturated heterocycles. The van der Waals surface area contributed by atoms with Gasteiger partial charge < -0.3 is 0 Å². The summed E-state index contributed by atoms with van der Waals surface area (Å²) in [7, 11) is 0. The lowest BCUT2D eigenvalue weighted by molar-refractivity contribution is -0.138. The second-order valence-corrected chi connectivity index (χ2v) is 7.18. The van der Waals surface area contributed by atoms with E-state index in [1.165, 1.54) is 42.5 Å². The lowest BCUT2D eigenvalue weighted by atomic mass is 9.84. The molecule has 0 aliphatic heterocycles. The first-order valence-electron chi connectivity index (χ1n) is 9.69. The topological polar surface area (TPSA) is 0 Å². The van der Waals surface area contributed by atoms with E-state index in [4.69, 9.17) is 0 Å². The highest BCUT2D eigenvalue weighted by Gasteiger charge is 2.36. The first-order valence-corrected chi connectivity index (χ1v) is 9.69. The highest BCUT2D eigenvalue weighted by molar-refractivity contribution is 5.96. The molecule has 0 fully saturated rings. The van der Waals surface area contributed by atoms with Gasteiger partial charge in [-0.2, -0.15) is 26.3 Å². The summed E-state index contributed by atoms with van der Waals surface area (Å²) in [5.74, 6) is 0. The Morgan fingerprint density at radius 1 is 0.375 bits per heavy atom. The molecule has 6 heteroatoms. The van der Waals surface area contributed by atoms with E-state index in [9.17, 15) is 26.3 Å². The van der Waals surface area contributed by atoms with Crippen LogP contribution in [0, 0.1) is 0 Å². The second-order valence-electron chi connectivity index (χ2n) is 7.18. The molecule has 0 saturated carbocycles. The predicted molar refractivity (Wildman–Crippen MR) is 113 cm³/mol. The van der Waals surface area contributed by atoms with E-state index in [0.29, 0.717) is 11.1 Å². The van der Waals surface area contributed by atoms with Crippen molar-refractivity contribution in [2.45, 2.75) is 12.4 Å². The molecule has 0 amide bonds. The molecular weight excluding hydrogens is 426 g/mol. The van der Waals surface area contributed by atoms with Crippen molar-refractivity contribution in [3.8, 4) is 33.4 Å². The molecule has 4 rings (SSSR count). The van der Waals surface area contributed by atoms with Gasteiger partial charge in [-0.15, -0.1) is 0 Å². The summed E-state index contributed by atoms with van der Waals surface area (Å²) in [6.07, 6.45) is -9.35. The van der Waals surface area contributed by atoms with Crippen molar-refractivity contribution in [2.75, 3.05) is 0 Å².